The molecule has 1 aliphatic carbocycles. The highest BCUT2D eigenvalue weighted by Gasteiger charge is 2.28. The van der Waals surface area contributed by atoms with Gasteiger partial charge in [0.1, 0.15) is 5.82 Å². The molecule has 148 valence electrons. The number of nitrogens with one attached hydrogen (secondary N) is 1. The number of carbonyl (C=O) groups is 1. The summed E-state index contributed by atoms with van der Waals surface area (Å²) in [6, 6.07) is 7.17. The number of likely N-dealkylation sites (tertiary alicyclic amines) is 1. The van der Waals surface area contributed by atoms with E-state index in [2.05, 4.69) is 10.2 Å². The molecule has 0 radical (unpaired) electrons. The van der Waals surface area contributed by atoms with Crippen molar-refractivity contribution in [3.8, 4) is 0 Å². The quantitative estimate of drug-likeness (QED) is 0.807. The van der Waals surface area contributed by atoms with Crippen molar-refractivity contribution in [2.75, 3.05) is 13.1 Å². The molecule has 3 rings (SSSR count). The fraction of sp³-hybridized carbons (Fsp3) is 0.632. The van der Waals surface area contributed by atoms with Crippen LogP contribution in [-0.2, 0) is 11.3 Å². The van der Waals surface area contributed by atoms with Crippen LogP contribution in [-0.4, -0.2) is 36.0 Å². The van der Waals surface area contributed by atoms with Gasteiger partial charge < -0.3 is 11.1 Å². The molecule has 0 spiro atoms. The molecule has 2 aliphatic rings. The van der Waals surface area contributed by atoms with E-state index in [1.807, 2.05) is 12.1 Å². The van der Waals surface area contributed by atoms with Gasteiger partial charge in [0.2, 0.25) is 5.91 Å². The predicted octanol–water partition coefficient (Wildman–Crippen LogP) is 3.27. The molecule has 7 heteroatoms. The fourth-order valence-corrected chi connectivity index (χ4v) is 3.87. The van der Waals surface area contributed by atoms with Gasteiger partial charge in [0.05, 0.1) is 0 Å². The minimum absolute atomic E-state index is 0. The smallest absolute Gasteiger partial charge is 0.223 e. The second-order valence-electron chi connectivity index (χ2n) is 7.31. The van der Waals surface area contributed by atoms with Gasteiger partial charge in [-0.1, -0.05) is 18.6 Å². The van der Waals surface area contributed by atoms with E-state index in [0.717, 1.165) is 63.7 Å². The van der Waals surface area contributed by atoms with E-state index in [1.165, 1.54) is 12.1 Å². The lowest BCUT2D eigenvalue weighted by Gasteiger charge is -2.34. The van der Waals surface area contributed by atoms with Crippen molar-refractivity contribution < 1.29 is 9.18 Å². The number of carbonyl (C=O) groups excluding carboxylic acids is 1. The summed E-state index contributed by atoms with van der Waals surface area (Å²) < 4.78 is 13.0. The molecule has 2 atom stereocenters. The van der Waals surface area contributed by atoms with Crippen LogP contribution in [0.1, 0.15) is 44.1 Å². The third-order valence-electron chi connectivity index (χ3n) is 5.34. The van der Waals surface area contributed by atoms with Crippen molar-refractivity contribution in [2.45, 2.75) is 57.2 Å². The maximum absolute atomic E-state index is 13.0. The molecule has 1 aromatic carbocycles. The summed E-state index contributed by atoms with van der Waals surface area (Å²) in [5, 5.41) is 3.23. The maximum Gasteiger partial charge on any atom is 0.223 e. The molecule has 1 saturated carbocycles. The second-order valence-corrected chi connectivity index (χ2v) is 7.31. The van der Waals surface area contributed by atoms with Crippen LogP contribution in [0.15, 0.2) is 24.3 Å². The van der Waals surface area contributed by atoms with Crippen molar-refractivity contribution in [3.05, 3.63) is 35.6 Å². The third kappa shape index (κ3) is 6.69. The van der Waals surface area contributed by atoms with Crippen LogP contribution in [0.2, 0.25) is 0 Å². The molecule has 0 aromatic heterocycles. The number of nitrogens with two attached hydrogens (primary N) is 1. The summed E-state index contributed by atoms with van der Waals surface area (Å²) in [7, 11) is 0. The van der Waals surface area contributed by atoms with Crippen LogP contribution >= 0.6 is 24.8 Å². The average molecular weight is 406 g/mol. The molecule has 1 amide bonds. The summed E-state index contributed by atoms with van der Waals surface area (Å²) in [6.07, 6.45) is 5.87. The van der Waals surface area contributed by atoms with Gasteiger partial charge in [-0.2, -0.15) is 0 Å². The molecule has 4 nitrogen and oxygen atoms in total. The number of halogens is 3. The zero-order valence-electron chi connectivity index (χ0n) is 15.0. The molecule has 1 saturated heterocycles. The Labute approximate surface area is 167 Å². The Morgan fingerprint density at radius 2 is 1.77 bits per heavy atom. The summed E-state index contributed by atoms with van der Waals surface area (Å²) >= 11 is 0. The summed E-state index contributed by atoms with van der Waals surface area (Å²) in [4.78, 5) is 14.8. The van der Waals surface area contributed by atoms with Gasteiger partial charge >= 0.3 is 0 Å². The van der Waals surface area contributed by atoms with Gasteiger partial charge in [-0.25, -0.2) is 4.39 Å². The Bertz CT molecular complexity index is 550. The number of rotatable bonds is 4. The minimum atomic E-state index is -0.192. The molecule has 1 heterocycles. The molecule has 2 fully saturated rings. The monoisotopic (exact) mass is 405 g/mol. The fourth-order valence-electron chi connectivity index (χ4n) is 3.87. The van der Waals surface area contributed by atoms with Crippen LogP contribution in [0, 0.1) is 11.7 Å². The van der Waals surface area contributed by atoms with Gasteiger partial charge in [0.15, 0.2) is 0 Å². The zero-order chi connectivity index (χ0) is 16.9. The van der Waals surface area contributed by atoms with Crippen LogP contribution in [0.3, 0.4) is 0 Å². The first-order chi connectivity index (χ1) is 11.6. The Kier molecular flexibility index (Phi) is 9.86. The molecular weight excluding hydrogens is 376 g/mol. The molecule has 1 aliphatic heterocycles. The van der Waals surface area contributed by atoms with Crippen LogP contribution in [0.4, 0.5) is 4.39 Å². The summed E-state index contributed by atoms with van der Waals surface area (Å²) in [5.74, 6) is 0.107. The largest absolute Gasteiger partial charge is 0.353 e. The highest BCUT2D eigenvalue weighted by atomic mass is 35.5. The van der Waals surface area contributed by atoms with Crippen molar-refractivity contribution in [1.82, 2.24) is 10.2 Å². The normalized spacial score (nSPS) is 24.2. The van der Waals surface area contributed by atoms with E-state index in [-0.39, 0.29) is 54.5 Å². The van der Waals surface area contributed by atoms with Crippen molar-refractivity contribution in [2.24, 2.45) is 11.7 Å². The minimum Gasteiger partial charge on any atom is -0.353 e. The Balaban J connectivity index is 0.00000169. The van der Waals surface area contributed by atoms with Gasteiger partial charge in [-0.15, -0.1) is 24.8 Å². The lowest BCUT2D eigenvalue weighted by molar-refractivity contribution is -0.127. The highest BCUT2D eigenvalue weighted by Crippen LogP contribution is 2.24. The molecule has 2 unspecified atom stereocenters. The van der Waals surface area contributed by atoms with E-state index in [1.54, 1.807) is 0 Å². The Hall–Kier alpha value is -0.880. The highest BCUT2D eigenvalue weighted by molar-refractivity contribution is 5.85. The second kappa shape index (κ2) is 11.1. The van der Waals surface area contributed by atoms with Gasteiger partial charge in [-0.3, -0.25) is 9.69 Å². The van der Waals surface area contributed by atoms with Crippen molar-refractivity contribution in [1.29, 1.82) is 0 Å². The molecule has 3 N–H and O–H groups in total. The Morgan fingerprint density at radius 3 is 2.38 bits per heavy atom. The number of hydrogen-bond acceptors (Lipinski definition) is 3. The van der Waals surface area contributed by atoms with Crippen molar-refractivity contribution >= 4 is 30.7 Å². The number of benzene rings is 1. The number of nitrogens with zero attached hydrogens (tertiary/aromatic N) is 1. The third-order valence-corrected chi connectivity index (χ3v) is 5.34. The van der Waals surface area contributed by atoms with Crippen LogP contribution < -0.4 is 11.1 Å². The number of hydrogen-bond donors (Lipinski definition) is 2. The summed E-state index contributed by atoms with van der Waals surface area (Å²) in [5.41, 5.74) is 7.12. The average Bonchev–Trinajstić information content (AvgIpc) is 2.59. The van der Waals surface area contributed by atoms with Gasteiger partial charge in [0, 0.05) is 37.6 Å². The van der Waals surface area contributed by atoms with Crippen LogP contribution in [0.5, 0.6) is 0 Å². The topological polar surface area (TPSA) is 58.4 Å². The van der Waals surface area contributed by atoms with E-state index in [9.17, 15) is 9.18 Å². The summed E-state index contributed by atoms with van der Waals surface area (Å²) in [6.45, 7) is 2.78. The first-order valence-electron chi connectivity index (χ1n) is 9.13. The lowest BCUT2D eigenvalue weighted by atomic mass is 9.85. The van der Waals surface area contributed by atoms with Gasteiger partial charge in [-0.05, 0) is 49.8 Å². The standard InChI is InChI=1S/C19H28FN3O.2ClH/c20-16-6-4-14(5-7-16)13-23-10-8-18(9-11-23)22-19(24)15-2-1-3-17(21)12-15;;/h4-7,15,17-18H,1-3,8-13,21H2,(H,22,24);2*1H. The lowest BCUT2D eigenvalue weighted by Crippen LogP contribution is -2.47. The predicted molar refractivity (Wildman–Crippen MR) is 107 cm³/mol. The first-order valence-corrected chi connectivity index (χ1v) is 9.13. The first kappa shape index (κ1) is 23.2. The molecule has 26 heavy (non-hydrogen) atoms. The molecular formula is C19H30Cl2FN3O. The van der Waals surface area contributed by atoms with E-state index < -0.39 is 0 Å². The maximum atomic E-state index is 13.0. The number of piperidine rings is 1. The number of amides is 1. The molecule has 1 aromatic rings. The zero-order valence-corrected chi connectivity index (χ0v) is 16.7. The van der Waals surface area contributed by atoms with E-state index in [4.69, 9.17) is 5.73 Å². The molecule has 0 bridgehead atoms. The van der Waals surface area contributed by atoms with E-state index in [0.29, 0.717) is 0 Å². The van der Waals surface area contributed by atoms with Gasteiger partial charge in [0.25, 0.3) is 0 Å². The van der Waals surface area contributed by atoms with Crippen LogP contribution in [0.25, 0.3) is 0 Å². The SMILES string of the molecule is Cl.Cl.NC1CCCC(C(=O)NC2CCN(Cc3ccc(F)cc3)CC2)C1. The van der Waals surface area contributed by atoms with E-state index >= 15 is 0 Å². The Morgan fingerprint density at radius 1 is 1.12 bits per heavy atom. The van der Waals surface area contributed by atoms with Crippen molar-refractivity contribution in [3.63, 3.8) is 0 Å².